The molecule has 0 aromatic heterocycles. The topological polar surface area (TPSA) is 40.9 Å². The number of nitrogens with zero attached hydrogens (tertiary/aromatic N) is 1. The van der Waals surface area contributed by atoms with Crippen LogP contribution in [0.25, 0.3) is 0 Å². The zero-order valence-corrected chi connectivity index (χ0v) is 11.9. The first kappa shape index (κ1) is 15.0. The van der Waals surface area contributed by atoms with Gasteiger partial charge in [-0.25, -0.2) is 0 Å². The standard InChI is InChI=1S/C14H15Cl2NO/c1-9(2)3-6-14(18)12(8-17)11-5-4-10(15)7-13(11)16/h4-5,7,9,12H,3,6H2,1-2H3. The molecular weight excluding hydrogens is 269 g/mol. The van der Waals surface area contributed by atoms with Gasteiger partial charge in [0.2, 0.25) is 0 Å². The van der Waals surface area contributed by atoms with Crippen molar-refractivity contribution in [2.45, 2.75) is 32.6 Å². The molecule has 4 heteroatoms. The van der Waals surface area contributed by atoms with E-state index in [2.05, 4.69) is 0 Å². The van der Waals surface area contributed by atoms with Gasteiger partial charge in [-0.05, 0) is 30.0 Å². The van der Waals surface area contributed by atoms with Gasteiger partial charge < -0.3 is 0 Å². The van der Waals surface area contributed by atoms with Crippen LogP contribution in [0.3, 0.4) is 0 Å². The first-order chi connectivity index (χ1) is 8.45. The molecule has 0 bridgehead atoms. The van der Waals surface area contributed by atoms with Crippen LogP contribution in [-0.4, -0.2) is 5.78 Å². The summed E-state index contributed by atoms with van der Waals surface area (Å²) in [5.41, 5.74) is 0.539. The summed E-state index contributed by atoms with van der Waals surface area (Å²) in [5.74, 6) is -0.446. The smallest absolute Gasteiger partial charge is 0.154 e. The minimum absolute atomic E-state index is 0.0876. The van der Waals surface area contributed by atoms with E-state index in [0.717, 1.165) is 6.42 Å². The van der Waals surface area contributed by atoms with Crippen molar-refractivity contribution in [1.82, 2.24) is 0 Å². The van der Waals surface area contributed by atoms with Gasteiger partial charge in [-0.15, -0.1) is 0 Å². The van der Waals surface area contributed by atoms with E-state index in [1.165, 1.54) is 0 Å². The molecule has 2 nitrogen and oxygen atoms in total. The molecule has 1 aromatic rings. The summed E-state index contributed by atoms with van der Waals surface area (Å²) in [5, 5.41) is 10.0. The fourth-order valence-corrected chi connectivity index (χ4v) is 2.14. The molecule has 1 unspecified atom stereocenters. The molecule has 0 radical (unpaired) electrons. The lowest BCUT2D eigenvalue weighted by atomic mass is 9.92. The predicted molar refractivity (Wildman–Crippen MR) is 73.9 cm³/mol. The van der Waals surface area contributed by atoms with Gasteiger partial charge >= 0.3 is 0 Å². The van der Waals surface area contributed by atoms with Crippen LogP contribution < -0.4 is 0 Å². The Kier molecular flexibility index (Phi) is 5.65. The van der Waals surface area contributed by atoms with E-state index in [-0.39, 0.29) is 5.78 Å². The molecule has 18 heavy (non-hydrogen) atoms. The summed E-state index contributed by atoms with van der Waals surface area (Å²) < 4.78 is 0. The van der Waals surface area contributed by atoms with Gasteiger partial charge in [-0.2, -0.15) is 5.26 Å². The number of hydrogen-bond acceptors (Lipinski definition) is 2. The molecular formula is C14H15Cl2NO. The third kappa shape index (κ3) is 4.01. The van der Waals surface area contributed by atoms with Crippen LogP contribution in [0, 0.1) is 17.2 Å². The van der Waals surface area contributed by atoms with Crippen LogP contribution >= 0.6 is 23.2 Å². The van der Waals surface area contributed by atoms with Crippen molar-refractivity contribution in [3.63, 3.8) is 0 Å². The minimum Gasteiger partial charge on any atom is -0.298 e. The maximum absolute atomic E-state index is 12.0. The summed E-state index contributed by atoms with van der Waals surface area (Å²) in [4.78, 5) is 12.0. The SMILES string of the molecule is CC(C)CCC(=O)C(C#N)c1ccc(Cl)cc1Cl. The van der Waals surface area contributed by atoms with E-state index in [0.29, 0.717) is 27.9 Å². The lowest BCUT2D eigenvalue weighted by Gasteiger charge is -2.11. The van der Waals surface area contributed by atoms with E-state index in [9.17, 15) is 4.79 Å². The fourth-order valence-electron chi connectivity index (χ4n) is 1.63. The summed E-state index contributed by atoms with van der Waals surface area (Å²) in [6.07, 6.45) is 1.18. The molecule has 0 saturated carbocycles. The number of Topliss-reactive ketones (excluding diaryl/α,β-unsaturated/α-hetero) is 1. The Morgan fingerprint density at radius 1 is 1.39 bits per heavy atom. The van der Waals surface area contributed by atoms with Crippen molar-refractivity contribution in [2.24, 2.45) is 5.92 Å². The van der Waals surface area contributed by atoms with E-state index < -0.39 is 5.92 Å². The third-order valence-corrected chi connectivity index (χ3v) is 3.26. The number of hydrogen-bond donors (Lipinski definition) is 0. The van der Waals surface area contributed by atoms with E-state index in [4.69, 9.17) is 28.5 Å². The Morgan fingerprint density at radius 2 is 2.06 bits per heavy atom. The number of ketones is 1. The lowest BCUT2D eigenvalue weighted by Crippen LogP contribution is -2.12. The van der Waals surface area contributed by atoms with Crippen molar-refractivity contribution in [1.29, 1.82) is 5.26 Å². The number of benzene rings is 1. The van der Waals surface area contributed by atoms with Crippen LogP contribution in [0.5, 0.6) is 0 Å². The van der Waals surface area contributed by atoms with Crippen LogP contribution in [0.2, 0.25) is 10.0 Å². The van der Waals surface area contributed by atoms with Gasteiger partial charge in [0, 0.05) is 16.5 Å². The number of nitriles is 1. The van der Waals surface area contributed by atoms with Crippen LogP contribution in [-0.2, 0) is 4.79 Å². The number of rotatable bonds is 5. The molecule has 0 aliphatic rings. The predicted octanol–water partition coefficient (Wildman–Crippen LogP) is 4.61. The van der Waals surface area contributed by atoms with Crippen molar-refractivity contribution < 1.29 is 4.79 Å². The first-order valence-corrected chi connectivity index (χ1v) is 6.58. The van der Waals surface area contributed by atoms with E-state index >= 15 is 0 Å². The molecule has 0 fully saturated rings. The molecule has 0 N–H and O–H groups in total. The van der Waals surface area contributed by atoms with Gasteiger partial charge in [0.05, 0.1) is 6.07 Å². The van der Waals surface area contributed by atoms with Gasteiger partial charge in [-0.3, -0.25) is 4.79 Å². The normalized spacial score (nSPS) is 12.2. The zero-order chi connectivity index (χ0) is 13.7. The highest BCUT2D eigenvalue weighted by molar-refractivity contribution is 6.35. The first-order valence-electron chi connectivity index (χ1n) is 5.83. The average Bonchev–Trinajstić information content (AvgIpc) is 2.30. The third-order valence-electron chi connectivity index (χ3n) is 2.69. The lowest BCUT2D eigenvalue weighted by molar-refractivity contribution is -0.119. The highest BCUT2D eigenvalue weighted by Crippen LogP contribution is 2.29. The zero-order valence-electron chi connectivity index (χ0n) is 10.4. The van der Waals surface area contributed by atoms with Crippen LogP contribution in [0.15, 0.2) is 18.2 Å². The van der Waals surface area contributed by atoms with Crippen molar-refractivity contribution in [3.05, 3.63) is 33.8 Å². The number of halogens is 2. The monoisotopic (exact) mass is 283 g/mol. The Morgan fingerprint density at radius 3 is 2.56 bits per heavy atom. The van der Waals surface area contributed by atoms with E-state index in [1.807, 2.05) is 19.9 Å². The van der Waals surface area contributed by atoms with Crippen molar-refractivity contribution in [2.75, 3.05) is 0 Å². The number of carbonyl (C=O) groups excluding carboxylic acids is 1. The summed E-state index contributed by atoms with van der Waals surface area (Å²) >= 11 is 11.8. The second-order valence-corrected chi connectivity index (χ2v) is 5.47. The fraction of sp³-hybridized carbons (Fsp3) is 0.429. The summed E-state index contributed by atoms with van der Waals surface area (Å²) in [6.45, 7) is 4.09. The Balaban J connectivity index is 2.90. The number of carbonyl (C=O) groups is 1. The molecule has 0 spiro atoms. The van der Waals surface area contributed by atoms with Gasteiger partial charge in [-0.1, -0.05) is 43.1 Å². The van der Waals surface area contributed by atoms with E-state index in [1.54, 1.807) is 18.2 Å². The summed E-state index contributed by atoms with van der Waals surface area (Å²) in [6, 6.07) is 6.87. The summed E-state index contributed by atoms with van der Waals surface area (Å²) in [7, 11) is 0. The Labute approximate surface area is 118 Å². The molecule has 0 aliphatic carbocycles. The second-order valence-electron chi connectivity index (χ2n) is 4.63. The maximum atomic E-state index is 12.0. The van der Waals surface area contributed by atoms with Gasteiger partial charge in [0.15, 0.2) is 5.78 Å². The quantitative estimate of drug-likeness (QED) is 0.792. The van der Waals surface area contributed by atoms with Gasteiger partial charge in [0.1, 0.15) is 5.92 Å². The minimum atomic E-state index is -0.798. The molecule has 0 heterocycles. The highest BCUT2D eigenvalue weighted by Gasteiger charge is 2.22. The largest absolute Gasteiger partial charge is 0.298 e. The van der Waals surface area contributed by atoms with Crippen LogP contribution in [0.4, 0.5) is 0 Å². The molecule has 1 atom stereocenters. The van der Waals surface area contributed by atoms with Crippen LogP contribution in [0.1, 0.15) is 38.2 Å². The van der Waals surface area contributed by atoms with Gasteiger partial charge in [0.25, 0.3) is 0 Å². The molecule has 0 amide bonds. The second kappa shape index (κ2) is 6.78. The Bertz CT molecular complexity index is 477. The Hall–Kier alpha value is -1.04. The van der Waals surface area contributed by atoms with Crippen molar-refractivity contribution in [3.8, 4) is 6.07 Å². The molecule has 0 saturated heterocycles. The van der Waals surface area contributed by atoms with Crippen molar-refractivity contribution >= 4 is 29.0 Å². The molecule has 1 aromatic carbocycles. The average molecular weight is 284 g/mol. The molecule has 1 rings (SSSR count). The molecule has 0 aliphatic heterocycles. The highest BCUT2D eigenvalue weighted by atomic mass is 35.5. The maximum Gasteiger partial charge on any atom is 0.154 e. The molecule has 96 valence electrons.